The second-order valence-corrected chi connectivity index (χ2v) is 16.6. The van der Waals surface area contributed by atoms with E-state index in [0.717, 1.165) is 57.8 Å². The van der Waals surface area contributed by atoms with Crippen LogP contribution < -0.4 is 16.0 Å². The molecule has 0 aromatic carbocycles. The molecule has 0 radical (unpaired) electrons. The van der Waals surface area contributed by atoms with Gasteiger partial charge in [-0.25, -0.2) is 4.79 Å². The lowest BCUT2D eigenvalue weighted by Crippen LogP contribution is -2.66. The molecular weight excluding hydrogens is 956 g/mol. The molecule has 3 N–H and O–H groups in total. The molecule has 0 unspecified atom stereocenters. The summed E-state index contributed by atoms with van der Waals surface area (Å²) in [5, 5.41) is 9.99. The van der Waals surface area contributed by atoms with Crippen LogP contribution in [0.3, 0.4) is 0 Å². The van der Waals surface area contributed by atoms with Gasteiger partial charge in [-0.15, -0.1) is 48.0 Å². The van der Waals surface area contributed by atoms with Crippen LogP contribution in [0, 0.1) is 5.41 Å². The molecule has 0 heterocycles. The van der Waals surface area contributed by atoms with E-state index in [1.807, 2.05) is 27.1 Å². The molecule has 0 spiro atoms. The Morgan fingerprint density at radius 1 is 0.579 bits per heavy atom. The summed E-state index contributed by atoms with van der Waals surface area (Å²) in [4.78, 5) is 39.6. The molecule has 1 atom stereocenters. The third-order valence-corrected chi connectivity index (χ3v) is 11.7. The van der Waals surface area contributed by atoms with Crippen LogP contribution in [0.15, 0.2) is 29.4 Å². The SMILES string of the molecule is CCCCCCCC/C=C\CCCCCCCC(=O)C[C@](COC(=C=O)SC)(CC(NC)(NC)NC)C(=O)CCCCCCC/C=C\CCCCCCCC.I.I. The molecule has 10 heteroatoms. The summed E-state index contributed by atoms with van der Waals surface area (Å²) < 4.78 is 5.95. The van der Waals surface area contributed by atoms with Gasteiger partial charge in [0.2, 0.25) is 5.09 Å². The van der Waals surface area contributed by atoms with Crippen molar-refractivity contribution in [2.45, 2.75) is 212 Å². The van der Waals surface area contributed by atoms with Crippen LogP contribution in [0.2, 0.25) is 0 Å². The van der Waals surface area contributed by atoms with E-state index in [0.29, 0.717) is 19.3 Å². The molecule has 0 aliphatic heterocycles. The molecule has 0 saturated carbocycles. The van der Waals surface area contributed by atoms with Gasteiger partial charge in [-0.1, -0.05) is 153 Å². The van der Waals surface area contributed by atoms with Gasteiger partial charge in [-0.3, -0.25) is 25.5 Å². The fraction of sp³-hybridized carbons (Fsp3) is 0.830. The molecule has 0 aliphatic carbocycles. The lowest BCUT2D eigenvalue weighted by atomic mass is 9.72. The monoisotopic (exact) mass is 1050 g/mol. The predicted octanol–water partition coefficient (Wildman–Crippen LogP) is 13.6. The number of hydrogen-bond donors (Lipinski definition) is 3. The van der Waals surface area contributed by atoms with Crippen molar-refractivity contribution >= 4 is 77.2 Å². The second kappa shape index (κ2) is 43.8. The van der Waals surface area contributed by atoms with Crippen molar-refractivity contribution < 1.29 is 19.1 Å². The van der Waals surface area contributed by atoms with Crippen LogP contribution in [0.1, 0.15) is 206 Å². The summed E-state index contributed by atoms with van der Waals surface area (Å²) in [6.45, 7) is 4.49. The fourth-order valence-electron chi connectivity index (χ4n) is 7.40. The van der Waals surface area contributed by atoms with E-state index in [9.17, 15) is 14.4 Å². The van der Waals surface area contributed by atoms with Gasteiger partial charge in [-0.05, 0) is 91.6 Å². The smallest absolute Gasteiger partial charge is 0.239 e. The van der Waals surface area contributed by atoms with Crippen molar-refractivity contribution in [2.75, 3.05) is 34.0 Å². The average molecular weight is 1050 g/mol. The lowest BCUT2D eigenvalue weighted by molar-refractivity contribution is -0.139. The highest BCUT2D eigenvalue weighted by Gasteiger charge is 2.46. The fourth-order valence-corrected chi connectivity index (χ4v) is 7.66. The Balaban J connectivity index is -0.0000146. The molecule has 0 rings (SSSR count). The molecule has 0 amide bonds. The number of halogens is 2. The van der Waals surface area contributed by atoms with Gasteiger partial charge in [0.25, 0.3) is 0 Å². The first-order valence-electron chi connectivity index (χ1n) is 22.7. The van der Waals surface area contributed by atoms with Gasteiger partial charge < -0.3 is 4.74 Å². The van der Waals surface area contributed by atoms with Crippen LogP contribution in [0.5, 0.6) is 0 Å². The number of thioether (sulfide) groups is 1. The number of hydrogen-bond acceptors (Lipinski definition) is 8. The van der Waals surface area contributed by atoms with Crippen molar-refractivity contribution in [2.24, 2.45) is 5.41 Å². The van der Waals surface area contributed by atoms with Crippen molar-refractivity contribution in [1.82, 2.24) is 16.0 Å². The third-order valence-electron chi connectivity index (χ3n) is 11.1. The summed E-state index contributed by atoms with van der Waals surface area (Å²) in [6, 6.07) is 0. The Bertz CT molecular complexity index is 1040. The van der Waals surface area contributed by atoms with Gasteiger partial charge in [0.05, 0.1) is 5.41 Å². The summed E-state index contributed by atoms with van der Waals surface area (Å²) in [5.74, 6) is 1.17. The molecule has 0 aliphatic rings. The van der Waals surface area contributed by atoms with Crippen LogP contribution in [0.25, 0.3) is 0 Å². The molecule has 0 bridgehead atoms. The molecule has 336 valence electrons. The predicted molar refractivity (Wildman–Crippen MR) is 270 cm³/mol. The van der Waals surface area contributed by atoms with E-state index >= 15 is 0 Å². The van der Waals surface area contributed by atoms with Crippen LogP contribution in [0.4, 0.5) is 0 Å². The highest BCUT2D eigenvalue weighted by atomic mass is 127. The summed E-state index contributed by atoms with van der Waals surface area (Å²) in [5.41, 5.74) is -1.10. The Hall–Kier alpha value is -0.240. The van der Waals surface area contributed by atoms with Crippen molar-refractivity contribution in [3.8, 4) is 0 Å². The highest BCUT2D eigenvalue weighted by Crippen LogP contribution is 2.37. The standard InChI is InChI=1S/C47H87N3O4S.2HI/c1-7-9-11-13-15-17-19-21-23-25-27-29-31-33-35-37-43(52)39-46(42-54-45(40-51)55-6,41-47(48-3,49-4)50-5)44(53)38-36-34-32-30-28-26-24-22-20-18-16-14-12-10-8-2;;/h21-24,48-50H,7-20,25-39,41-42H2,1-6H3;2*1H/b23-21-,24-22-;;/t46-;;/m1../s1. The molecule has 0 saturated heterocycles. The zero-order chi connectivity index (χ0) is 40.7. The van der Waals surface area contributed by atoms with Crippen molar-refractivity contribution in [3.63, 3.8) is 0 Å². The largest absolute Gasteiger partial charge is 0.478 e. The van der Waals surface area contributed by atoms with Gasteiger partial charge >= 0.3 is 0 Å². The van der Waals surface area contributed by atoms with E-state index in [-0.39, 0.29) is 77.6 Å². The highest BCUT2D eigenvalue weighted by molar-refractivity contribution is 14.0. The van der Waals surface area contributed by atoms with Crippen LogP contribution in [-0.2, 0) is 19.1 Å². The van der Waals surface area contributed by atoms with Gasteiger partial charge in [0.15, 0.2) is 5.94 Å². The maximum Gasteiger partial charge on any atom is 0.239 e. The zero-order valence-corrected chi connectivity index (χ0v) is 43.1. The normalized spacial score (nSPS) is 12.6. The minimum absolute atomic E-state index is 0. The number of carbonyl (C=O) groups excluding carboxylic acids is 3. The number of ketones is 2. The van der Waals surface area contributed by atoms with E-state index in [1.165, 1.54) is 121 Å². The number of ether oxygens (including phenoxy) is 1. The zero-order valence-electron chi connectivity index (χ0n) is 37.6. The van der Waals surface area contributed by atoms with E-state index in [2.05, 4.69) is 54.1 Å². The minimum atomic E-state index is -1.10. The molecular formula is C47H89I2N3O4S. The van der Waals surface area contributed by atoms with E-state index < -0.39 is 11.2 Å². The number of unbranched alkanes of at least 4 members (excludes halogenated alkanes) is 22. The lowest BCUT2D eigenvalue weighted by Gasteiger charge is -2.42. The maximum absolute atomic E-state index is 14.3. The summed E-state index contributed by atoms with van der Waals surface area (Å²) in [7, 11) is 5.50. The topological polar surface area (TPSA) is 96.5 Å². The molecule has 0 aromatic heterocycles. The van der Waals surface area contributed by atoms with Gasteiger partial charge in [0, 0.05) is 25.7 Å². The molecule has 57 heavy (non-hydrogen) atoms. The first-order valence-corrected chi connectivity index (χ1v) is 23.9. The number of allylic oxidation sites excluding steroid dienone is 4. The number of carbonyl (C=O) groups is 2. The Morgan fingerprint density at radius 2 is 0.947 bits per heavy atom. The van der Waals surface area contributed by atoms with Crippen molar-refractivity contribution in [3.05, 3.63) is 29.4 Å². The Morgan fingerprint density at radius 3 is 1.32 bits per heavy atom. The Labute approximate surface area is 390 Å². The Kier molecular flexibility index (Phi) is 47.0. The molecule has 0 aromatic rings. The van der Waals surface area contributed by atoms with Gasteiger partial charge in [0.1, 0.15) is 24.0 Å². The van der Waals surface area contributed by atoms with Crippen molar-refractivity contribution in [1.29, 1.82) is 0 Å². The quantitative estimate of drug-likeness (QED) is 0.0139. The first kappa shape index (κ1) is 61.1. The second-order valence-electron chi connectivity index (χ2n) is 15.8. The minimum Gasteiger partial charge on any atom is -0.478 e. The average Bonchev–Trinajstić information content (AvgIpc) is 3.20. The number of rotatable bonds is 42. The first-order chi connectivity index (χ1) is 26.8. The molecule has 0 fully saturated rings. The van der Waals surface area contributed by atoms with E-state index in [4.69, 9.17) is 4.74 Å². The maximum atomic E-state index is 14.3. The van der Waals surface area contributed by atoms with Gasteiger partial charge in [-0.2, -0.15) is 0 Å². The van der Waals surface area contributed by atoms with E-state index in [1.54, 1.807) is 6.26 Å². The summed E-state index contributed by atoms with van der Waals surface area (Å²) in [6.07, 6.45) is 43.6. The number of Topliss-reactive ketones (excluding diaryl/α,β-unsaturated/α-hetero) is 2. The third kappa shape index (κ3) is 33.1. The number of nitrogens with one attached hydrogen (secondary N) is 3. The van der Waals surface area contributed by atoms with Crippen LogP contribution >= 0.6 is 59.7 Å². The summed E-state index contributed by atoms with van der Waals surface area (Å²) >= 11 is 1.17. The van der Waals surface area contributed by atoms with Crippen LogP contribution in [-0.4, -0.2) is 57.3 Å². The molecule has 7 nitrogen and oxygen atoms in total.